The molecule has 22 heavy (non-hydrogen) atoms. The highest BCUT2D eigenvalue weighted by molar-refractivity contribution is 7.89. The normalized spacial score (nSPS) is 29.9. The van der Waals surface area contributed by atoms with Crippen LogP contribution in [0.4, 0.5) is 4.39 Å². The monoisotopic (exact) mass is 324 g/mol. The third kappa shape index (κ3) is 2.47. The van der Waals surface area contributed by atoms with Crippen LogP contribution in [0.3, 0.4) is 0 Å². The number of sulfonamides is 1. The van der Waals surface area contributed by atoms with Crippen molar-refractivity contribution in [1.82, 2.24) is 9.21 Å². The van der Waals surface area contributed by atoms with E-state index < -0.39 is 15.8 Å². The van der Waals surface area contributed by atoms with Crippen LogP contribution in [-0.4, -0.2) is 49.3 Å². The van der Waals surface area contributed by atoms with Crippen LogP contribution in [0, 0.1) is 11.7 Å². The molecule has 6 heteroatoms. The van der Waals surface area contributed by atoms with E-state index in [0.717, 1.165) is 31.8 Å². The van der Waals surface area contributed by atoms with Gasteiger partial charge in [-0.05, 0) is 55.9 Å². The third-order valence-electron chi connectivity index (χ3n) is 5.25. The van der Waals surface area contributed by atoms with Crippen molar-refractivity contribution in [1.29, 1.82) is 0 Å². The molecule has 120 valence electrons. The van der Waals surface area contributed by atoms with Gasteiger partial charge in [-0.2, -0.15) is 4.31 Å². The van der Waals surface area contributed by atoms with Crippen molar-refractivity contribution < 1.29 is 12.8 Å². The maximum atomic E-state index is 13.0. The first-order chi connectivity index (χ1) is 10.6. The largest absolute Gasteiger partial charge is 0.298 e. The second-order valence-corrected chi connectivity index (χ2v) is 8.61. The number of hydrogen-bond acceptors (Lipinski definition) is 3. The summed E-state index contributed by atoms with van der Waals surface area (Å²) >= 11 is 0. The topological polar surface area (TPSA) is 40.6 Å². The van der Waals surface area contributed by atoms with Crippen molar-refractivity contribution in [2.24, 2.45) is 5.92 Å². The van der Waals surface area contributed by atoms with E-state index >= 15 is 0 Å². The summed E-state index contributed by atoms with van der Waals surface area (Å²) in [5.41, 5.74) is 0. The van der Waals surface area contributed by atoms with E-state index in [0.29, 0.717) is 12.6 Å². The molecule has 2 aliphatic heterocycles. The maximum Gasteiger partial charge on any atom is 0.243 e. The van der Waals surface area contributed by atoms with Crippen LogP contribution in [0.5, 0.6) is 0 Å². The average molecular weight is 324 g/mol. The summed E-state index contributed by atoms with van der Waals surface area (Å²) in [6.07, 6.45) is 4.48. The Morgan fingerprint density at radius 3 is 2.36 bits per heavy atom. The summed E-state index contributed by atoms with van der Waals surface area (Å²) in [6.45, 7) is 2.71. The van der Waals surface area contributed by atoms with Gasteiger partial charge >= 0.3 is 0 Å². The molecule has 0 spiro atoms. The zero-order valence-corrected chi connectivity index (χ0v) is 13.3. The van der Waals surface area contributed by atoms with Crippen LogP contribution >= 0.6 is 0 Å². The summed E-state index contributed by atoms with van der Waals surface area (Å²) in [5.74, 6) is 0.427. The van der Waals surface area contributed by atoms with Crippen molar-refractivity contribution in [3.8, 4) is 0 Å². The van der Waals surface area contributed by atoms with Gasteiger partial charge in [-0.25, -0.2) is 12.8 Å². The SMILES string of the molecule is O=S(=O)(c1ccc(F)cc1)N1CC[C@H]2[C@@H]1CCN2CC1CC1. The summed E-state index contributed by atoms with van der Waals surface area (Å²) in [7, 11) is -3.51. The highest BCUT2D eigenvalue weighted by Gasteiger charge is 2.48. The predicted molar refractivity (Wildman–Crippen MR) is 81.4 cm³/mol. The van der Waals surface area contributed by atoms with E-state index in [1.807, 2.05) is 0 Å². The van der Waals surface area contributed by atoms with E-state index in [2.05, 4.69) is 4.90 Å². The zero-order valence-electron chi connectivity index (χ0n) is 12.5. The molecule has 2 heterocycles. The van der Waals surface area contributed by atoms with Crippen molar-refractivity contribution in [2.45, 2.75) is 42.7 Å². The Balaban J connectivity index is 1.54. The number of halogens is 1. The van der Waals surface area contributed by atoms with Gasteiger partial charge in [0.05, 0.1) is 4.90 Å². The first kappa shape index (κ1) is 14.6. The molecule has 0 unspecified atom stereocenters. The molecule has 3 fully saturated rings. The number of likely N-dealkylation sites (tertiary alicyclic amines) is 1. The van der Waals surface area contributed by atoms with E-state index in [1.165, 1.54) is 37.1 Å². The average Bonchev–Trinajstić information content (AvgIpc) is 3.06. The molecule has 0 amide bonds. The predicted octanol–water partition coefficient (Wildman–Crippen LogP) is 2.07. The fraction of sp³-hybridized carbons (Fsp3) is 0.625. The fourth-order valence-corrected chi connectivity index (χ4v) is 5.63. The molecule has 2 saturated heterocycles. The summed E-state index contributed by atoms with van der Waals surface area (Å²) in [5, 5.41) is 0. The molecular weight excluding hydrogens is 303 g/mol. The van der Waals surface area contributed by atoms with E-state index in [4.69, 9.17) is 0 Å². The Bertz CT molecular complexity index is 657. The summed E-state index contributed by atoms with van der Waals surface area (Å²) in [4.78, 5) is 2.69. The number of hydrogen-bond donors (Lipinski definition) is 0. The van der Waals surface area contributed by atoms with Gasteiger partial charge in [-0.3, -0.25) is 4.90 Å². The minimum Gasteiger partial charge on any atom is -0.298 e. The Hall–Kier alpha value is -0.980. The van der Waals surface area contributed by atoms with E-state index in [9.17, 15) is 12.8 Å². The molecule has 0 N–H and O–H groups in total. The smallest absolute Gasteiger partial charge is 0.243 e. The second kappa shape index (κ2) is 5.28. The van der Waals surface area contributed by atoms with Crippen molar-refractivity contribution in [3.05, 3.63) is 30.1 Å². The molecule has 0 bridgehead atoms. The molecule has 1 aromatic rings. The minimum atomic E-state index is -3.51. The second-order valence-electron chi connectivity index (χ2n) is 6.72. The van der Waals surface area contributed by atoms with Gasteiger partial charge < -0.3 is 0 Å². The van der Waals surface area contributed by atoms with Crippen LogP contribution in [0.2, 0.25) is 0 Å². The van der Waals surface area contributed by atoms with Gasteiger partial charge in [0.2, 0.25) is 10.0 Å². The highest BCUT2D eigenvalue weighted by Crippen LogP contribution is 2.38. The molecule has 0 radical (unpaired) electrons. The molecule has 4 rings (SSSR count). The first-order valence-electron chi connectivity index (χ1n) is 8.07. The van der Waals surface area contributed by atoms with Crippen LogP contribution < -0.4 is 0 Å². The van der Waals surface area contributed by atoms with Gasteiger partial charge in [0.15, 0.2) is 0 Å². The Kier molecular flexibility index (Phi) is 3.51. The standard InChI is InChI=1S/C16H21FN2O2S/c17-13-3-5-14(6-4-13)22(20,21)19-10-8-15-16(19)7-9-18(15)11-12-1-2-12/h3-6,12,15-16H,1-2,7-11H2/t15-,16-/m0/s1. The third-order valence-corrected chi connectivity index (χ3v) is 7.19. The summed E-state index contributed by atoms with van der Waals surface area (Å²) < 4.78 is 40.3. The molecule has 1 aliphatic carbocycles. The van der Waals surface area contributed by atoms with E-state index in [1.54, 1.807) is 4.31 Å². The lowest BCUT2D eigenvalue weighted by atomic mass is 10.1. The van der Waals surface area contributed by atoms with Crippen LogP contribution in [-0.2, 0) is 10.0 Å². The number of rotatable bonds is 4. The van der Waals surface area contributed by atoms with Crippen LogP contribution in [0.15, 0.2) is 29.2 Å². The first-order valence-corrected chi connectivity index (χ1v) is 9.51. The Labute approximate surface area is 131 Å². The Morgan fingerprint density at radius 2 is 1.68 bits per heavy atom. The molecule has 0 aromatic heterocycles. The molecule has 4 nitrogen and oxygen atoms in total. The summed E-state index contributed by atoms with van der Waals surface area (Å²) in [6, 6.07) is 5.64. The van der Waals surface area contributed by atoms with Gasteiger partial charge in [0.25, 0.3) is 0 Å². The lowest BCUT2D eigenvalue weighted by molar-refractivity contribution is 0.239. The number of fused-ring (bicyclic) bond motifs is 1. The quantitative estimate of drug-likeness (QED) is 0.851. The van der Waals surface area contributed by atoms with E-state index in [-0.39, 0.29) is 10.9 Å². The minimum absolute atomic E-state index is 0.0915. The lowest BCUT2D eigenvalue weighted by Crippen LogP contribution is -2.40. The van der Waals surface area contributed by atoms with Crippen LogP contribution in [0.25, 0.3) is 0 Å². The van der Waals surface area contributed by atoms with Crippen molar-refractivity contribution in [3.63, 3.8) is 0 Å². The molecular formula is C16H21FN2O2S. The zero-order chi connectivity index (χ0) is 15.3. The molecule has 2 atom stereocenters. The fourth-order valence-electron chi connectivity index (χ4n) is 3.94. The van der Waals surface area contributed by atoms with Crippen LogP contribution in [0.1, 0.15) is 25.7 Å². The van der Waals surface area contributed by atoms with Gasteiger partial charge in [-0.15, -0.1) is 0 Å². The van der Waals surface area contributed by atoms with Gasteiger partial charge in [-0.1, -0.05) is 0 Å². The highest BCUT2D eigenvalue weighted by atomic mass is 32.2. The molecule has 1 aromatic carbocycles. The molecule has 3 aliphatic rings. The van der Waals surface area contributed by atoms with Crippen molar-refractivity contribution >= 4 is 10.0 Å². The maximum absolute atomic E-state index is 13.0. The van der Waals surface area contributed by atoms with Gasteiger partial charge in [0, 0.05) is 31.7 Å². The van der Waals surface area contributed by atoms with Gasteiger partial charge in [0.1, 0.15) is 5.82 Å². The Morgan fingerprint density at radius 1 is 1.00 bits per heavy atom. The number of benzene rings is 1. The number of nitrogens with zero attached hydrogens (tertiary/aromatic N) is 2. The molecule has 1 saturated carbocycles. The van der Waals surface area contributed by atoms with Crippen molar-refractivity contribution in [2.75, 3.05) is 19.6 Å². The lowest BCUT2D eigenvalue weighted by Gasteiger charge is -2.25.